The number of carbonyl (C=O) groups excluding carboxylic acids is 2. The molecule has 1 fully saturated rings. The Kier molecular flexibility index (Phi) is 7.25. The van der Waals surface area contributed by atoms with Gasteiger partial charge in [-0.15, -0.1) is 0 Å². The van der Waals surface area contributed by atoms with E-state index in [-0.39, 0.29) is 41.2 Å². The van der Waals surface area contributed by atoms with Crippen molar-refractivity contribution >= 4 is 17.5 Å². The summed E-state index contributed by atoms with van der Waals surface area (Å²) in [6.07, 6.45) is 5.22. The lowest BCUT2D eigenvalue weighted by Gasteiger charge is -2.32. The van der Waals surface area contributed by atoms with Crippen LogP contribution in [0.15, 0.2) is 17.1 Å². The molecule has 0 aliphatic carbocycles. The van der Waals surface area contributed by atoms with Crippen molar-refractivity contribution in [3.8, 4) is 0 Å². The van der Waals surface area contributed by atoms with Crippen LogP contribution in [0.3, 0.4) is 0 Å². The first kappa shape index (κ1) is 22.0. The van der Waals surface area contributed by atoms with Gasteiger partial charge in [-0.05, 0) is 39.7 Å². The summed E-state index contributed by atoms with van der Waals surface area (Å²) in [5, 5.41) is 5.86. The highest BCUT2D eigenvalue weighted by Crippen LogP contribution is 2.19. The monoisotopic (exact) mass is 417 g/mol. The highest BCUT2D eigenvalue weighted by Gasteiger charge is 2.27. The lowest BCUT2D eigenvalue weighted by atomic mass is 9.96. The molecule has 9 heteroatoms. The van der Waals surface area contributed by atoms with E-state index in [0.29, 0.717) is 18.8 Å². The van der Waals surface area contributed by atoms with Crippen molar-refractivity contribution in [3.05, 3.63) is 33.9 Å². The number of carbonyl (C=O) groups is 2. The quantitative estimate of drug-likeness (QED) is 0.633. The number of amides is 1. The Morgan fingerprint density at radius 1 is 1.40 bits per heavy atom. The van der Waals surface area contributed by atoms with Crippen LogP contribution in [0, 0.1) is 5.92 Å². The number of ether oxygens (including phenoxy) is 1. The van der Waals surface area contributed by atoms with Crippen molar-refractivity contribution in [2.45, 2.75) is 59.0 Å². The van der Waals surface area contributed by atoms with E-state index < -0.39 is 5.97 Å². The summed E-state index contributed by atoms with van der Waals surface area (Å²) in [6, 6.07) is 1.64. The van der Waals surface area contributed by atoms with Gasteiger partial charge in [-0.2, -0.15) is 0 Å². The van der Waals surface area contributed by atoms with Crippen LogP contribution in [-0.2, 0) is 16.1 Å². The molecule has 9 nitrogen and oxygen atoms in total. The summed E-state index contributed by atoms with van der Waals surface area (Å²) in [7, 11) is 0. The summed E-state index contributed by atoms with van der Waals surface area (Å²) in [4.78, 5) is 43.8. The van der Waals surface area contributed by atoms with Gasteiger partial charge in [-0.1, -0.05) is 13.3 Å². The van der Waals surface area contributed by atoms with Crippen LogP contribution < -0.4 is 10.9 Å². The van der Waals surface area contributed by atoms with Gasteiger partial charge in [0.15, 0.2) is 5.65 Å². The topological polar surface area (TPSA) is 109 Å². The number of nitrogens with zero attached hydrogens (tertiary/aromatic N) is 3. The summed E-state index contributed by atoms with van der Waals surface area (Å²) >= 11 is 0. The van der Waals surface area contributed by atoms with E-state index in [1.807, 2.05) is 6.92 Å². The van der Waals surface area contributed by atoms with Crippen molar-refractivity contribution in [1.82, 2.24) is 24.8 Å². The predicted octanol–water partition coefficient (Wildman–Crippen LogP) is 1.72. The van der Waals surface area contributed by atoms with Gasteiger partial charge in [-0.3, -0.25) is 19.6 Å². The van der Waals surface area contributed by atoms with Crippen LogP contribution in [-0.4, -0.2) is 57.1 Å². The van der Waals surface area contributed by atoms with Gasteiger partial charge in [0.25, 0.3) is 5.56 Å². The zero-order valence-corrected chi connectivity index (χ0v) is 17.9. The molecule has 1 aliphatic rings. The molecular weight excluding hydrogens is 386 g/mol. The van der Waals surface area contributed by atoms with Gasteiger partial charge in [0, 0.05) is 31.4 Å². The van der Waals surface area contributed by atoms with Crippen molar-refractivity contribution in [1.29, 1.82) is 0 Å². The van der Waals surface area contributed by atoms with Gasteiger partial charge < -0.3 is 10.1 Å². The largest absolute Gasteiger partial charge is 0.462 e. The molecule has 2 N–H and O–H groups in total. The number of esters is 1. The lowest BCUT2D eigenvalue weighted by molar-refractivity contribution is -0.127. The molecule has 0 saturated carbocycles. The molecule has 0 unspecified atom stereocenters. The van der Waals surface area contributed by atoms with Crippen LogP contribution in [0.2, 0.25) is 0 Å². The Bertz CT molecular complexity index is 951. The number of piperidine rings is 1. The number of nitrogens with one attached hydrogen (secondary N) is 2. The van der Waals surface area contributed by atoms with E-state index in [1.54, 1.807) is 6.92 Å². The number of hydrogen-bond acceptors (Lipinski definition) is 6. The lowest BCUT2D eigenvalue weighted by Crippen LogP contribution is -2.45. The first-order valence-electron chi connectivity index (χ1n) is 10.7. The van der Waals surface area contributed by atoms with Gasteiger partial charge in [0.1, 0.15) is 5.56 Å². The zero-order valence-electron chi connectivity index (χ0n) is 17.9. The van der Waals surface area contributed by atoms with Gasteiger partial charge in [0.2, 0.25) is 5.91 Å². The summed E-state index contributed by atoms with van der Waals surface area (Å²) in [6.45, 7) is 8.03. The SMILES string of the molecule is CCC[C@@H](C)NC(=O)[C@@H]1CCCN(Cc2cc(=O)n3[nH]cc(C(=O)OCC)c3n2)C1. The molecular formula is C21H31N5O4. The fourth-order valence-electron chi connectivity index (χ4n) is 3.98. The fourth-order valence-corrected chi connectivity index (χ4v) is 3.98. The standard InChI is InChI=1S/C21H31N5O4/c1-4-7-14(3)23-20(28)15-8-6-9-25(12-15)13-16-10-18(27)26-19(24-16)17(11-22-26)21(29)30-5-2/h10-11,14-15,22H,4-9,12-13H2,1-3H3,(H,23,28)/t14-,15-/m1/s1. The zero-order chi connectivity index (χ0) is 21.7. The number of fused-ring (bicyclic) bond motifs is 1. The third-order valence-corrected chi connectivity index (χ3v) is 5.42. The molecule has 2 aromatic rings. The van der Waals surface area contributed by atoms with E-state index >= 15 is 0 Å². The molecule has 164 valence electrons. The second kappa shape index (κ2) is 9.88. The van der Waals surface area contributed by atoms with Crippen LogP contribution in [0.25, 0.3) is 5.65 Å². The van der Waals surface area contributed by atoms with Crippen LogP contribution in [0.4, 0.5) is 0 Å². The molecule has 3 rings (SSSR count). The molecule has 0 spiro atoms. The first-order chi connectivity index (χ1) is 14.4. The van der Waals surface area contributed by atoms with Crippen molar-refractivity contribution < 1.29 is 14.3 Å². The van der Waals surface area contributed by atoms with Gasteiger partial charge in [-0.25, -0.2) is 14.3 Å². The smallest absolute Gasteiger partial charge is 0.343 e. The van der Waals surface area contributed by atoms with E-state index in [2.05, 4.69) is 27.2 Å². The van der Waals surface area contributed by atoms with Crippen LogP contribution >= 0.6 is 0 Å². The number of H-pyrrole nitrogens is 1. The second-order valence-corrected chi connectivity index (χ2v) is 7.92. The fraction of sp³-hybridized carbons (Fsp3) is 0.619. The predicted molar refractivity (Wildman–Crippen MR) is 112 cm³/mol. The molecule has 30 heavy (non-hydrogen) atoms. The minimum atomic E-state index is -0.517. The highest BCUT2D eigenvalue weighted by molar-refractivity contribution is 5.95. The molecule has 2 aromatic heterocycles. The van der Waals surface area contributed by atoms with Crippen LogP contribution in [0.5, 0.6) is 0 Å². The van der Waals surface area contributed by atoms with Crippen molar-refractivity contribution in [2.24, 2.45) is 5.92 Å². The first-order valence-corrected chi connectivity index (χ1v) is 10.7. The Labute approximate surface area is 175 Å². The maximum atomic E-state index is 12.6. The Morgan fingerprint density at radius 2 is 2.20 bits per heavy atom. The normalized spacial score (nSPS) is 18.3. The summed E-state index contributed by atoms with van der Waals surface area (Å²) in [5.41, 5.74) is 0.781. The third-order valence-electron chi connectivity index (χ3n) is 5.42. The molecule has 3 heterocycles. The molecule has 1 saturated heterocycles. The maximum absolute atomic E-state index is 12.6. The van der Waals surface area contributed by atoms with Gasteiger partial charge in [0.05, 0.1) is 18.2 Å². The Balaban J connectivity index is 1.72. The molecule has 1 amide bonds. The summed E-state index contributed by atoms with van der Waals surface area (Å²) in [5.74, 6) is -0.485. The van der Waals surface area contributed by atoms with Crippen LogP contribution in [0.1, 0.15) is 62.5 Å². The maximum Gasteiger partial charge on any atom is 0.343 e. The number of likely N-dealkylation sites (tertiary alicyclic amines) is 1. The van der Waals surface area contributed by atoms with E-state index in [4.69, 9.17) is 4.74 Å². The minimum Gasteiger partial charge on any atom is -0.462 e. The van der Waals surface area contributed by atoms with Crippen molar-refractivity contribution in [3.63, 3.8) is 0 Å². The molecule has 0 bridgehead atoms. The average molecular weight is 418 g/mol. The van der Waals surface area contributed by atoms with E-state index in [0.717, 1.165) is 32.2 Å². The van der Waals surface area contributed by atoms with E-state index in [1.165, 1.54) is 16.8 Å². The molecule has 2 atom stereocenters. The molecule has 1 aliphatic heterocycles. The second-order valence-electron chi connectivity index (χ2n) is 7.92. The minimum absolute atomic E-state index is 0.0646. The average Bonchev–Trinajstić information content (AvgIpc) is 3.13. The number of hydrogen-bond donors (Lipinski definition) is 2. The number of aromatic nitrogens is 3. The third kappa shape index (κ3) is 5.08. The van der Waals surface area contributed by atoms with Gasteiger partial charge >= 0.3 is 5.97 Å². The Hall–Kier alpha value is -2.68. The van der Waals surface area contributed by atoms with Crippen molar-refractivity contribution in [2.75, 3.05) is 19.7 Å². The Morgan fingerprint density at radius 3 is 2.93 bits per heavy atom. The number of aromatic amines is 1. The summed E-state index contributed by atoms with van der Waals surface area (Å²) < 4.78 is 6.28. The van der Waals surface area contributed by atoms with E-state index in [9.17, 15) is 14.4 Å². The number of rotatable bonds is 8. The highest BCUT2D eigenvalue weighted by atomic mass is 16.5. The molecule has 0 radical (unpaired) electrons. The molecule has 0 aromatic carbocycles.